The SMILES string of the molecule is O=C(O)c1cc(Br)cn1Cc1ccc(C(F)(F)F)cc1. The maximum absolute atomic E-state index is 12.4. The van der Waals surface area contributed by atoms with Gasteiger partial charge < -0.3 is 9.67 Å². The fourth-order valence-corrected chi connectivity index (χ4v) is 2.24. The molecule has 0 amide bonds. The molecule has 0 bridgehead atoms. The molecule has 1 heterocycles. The van der Waals surface area contributed by atoms with Crippen molar-refractivity contribution in [3.05, 3.63) is 57.8 Å². The summed E-state index contributed by atoms with van der Waals surface area (Å²) in [6.07, 6.45) is -2.80. The van der Waals surface area contributed by atoms with Crippen LogP contribution in [0.2, 0.25) is 0 Å². The Kier molecular flexibility index (Phi) is 3.89. The Bertz CT molecular complexity index is 632. The van der Waals surface area contributed by atoms with Crippen LogP contribution in [0, 0.1) is 0 Å². The van der Waals surface area contributed by atoms with E-state index >= 15 is 0 Å². The Labute approximate surface area is 120 Å². The first-order valence-corrected chi connectivity index (χ1v) is 6.32. The average Bonchev–Trinajstić information content (AvgIpc) is 2.70. The van der Waals surface area contributed by atoms with Crippen molar-refractivity contribution < 1.29 is 23.1 Å². The van der Waals surface area contributed by atoms with Gasteiger partial charge in [0.1, 0.15) is 5.69 Å². The molecule has 0 fully saturated rings. The molecule has 0 saturated heterocycles. The molecule has 0 spiro atoms. The maximum Gasteiger partial charge on any atom is 0.416 e. The van der Waals surface area contributed by atoms with Crippen LogP contribution in [0.5, 0.6) is 0 Å². The minimum absolute atomic E-state index is 0.0665. The molecule has 0 atom stereocenters. The number of hydrogen-bond donors (Lipinski definition) is 1. The lowest BCUT2D eigenvalue weighted by atomic mass is 10.1. The molecule has 20 heavy (non-hydrogen) atoms. The van der Waals surface area contributed by atoms with E-state index in [0.717, 1.165) is 12.1 Å². The number of carbonyl (C=O) groups is 1. The number of hydrogen-bond acceptors (Lipinski definition) is 1. The number of rotatable bonds is 3. The Morgan fingerprint density at radius 2 is 1.85 bits per heavy atom. The lowest BCUT2D eigenvalue weighted by Crippen LogP contribution is -2.09. The van der Waals surface area contributed by atoms with Crippen molar-refractivity contribution in [1.29, 1.82) is 0 Å². The molecule has 7 heteroatoms. The molecule has 0 aliphatic carbocycles. The highest BCUT2D eigenvalue weighted by Crippen LogP contribution is 2.29. The highest BCUT2D eigenvalue weighted by Gasteiger charge is 2.29. The quantitative estimate of drug-likeness (QED) is 0.911. The topological polar surface area (TPSA) is 42.2 Å². The first-order chi connectivity index (χ1) is 9.27. The van der Waals surface area contributed by atoms with Gasteiger partial charge in [0.15, 0.2) is 0 Å². The summed E-state index contributed by atoms with van der Waals surface area (Å²) in [7, 11) is 0. The van der Waals surface area contributed by atoms with Gasteiger partial charge in [0.2, 0.25) is 0 Å². The van der Waals surface area contributed by atoms with E-state index in [1.807, 2.05) is 0 Å². The number of alkyl halides is 3. The highest BCUT2D eigenvalue weighted by atomic mass is 79.9. The van der Waals surface area contributed by atoms with Crippen molar-refractivity contribution in [3.8, 4) is 0 Å². The third-order valence-electron chi connectivity index (χ3n) is 2.72. The van der Waals surface area contributed by atoms with Crippen LogP contribution in [0.1, 0.15) is 21.6 Å². The predicted molar refractivity (Wildman–Crippen MR) is 69.6 cm³/mol. The Balaban J connectivity index is 2.25. The average molecular weight is 348 g/mol. The van der Waals surface area contributed by atoms with Crippen LogP contribution in [-0.4, -0.2) is 15.6 Å². The summed E-state index contributed by atoms with van der Waals surface area (Å²) >= 11 is 3.17. The molecule has 1 aromatic carbocycles. The van der Waals surface area contributed by atoms with Gasteiger partial charge in [-0.1, -0.05) is 12.1 Å². The molecule has 0 radical (unpaired) electrons. The maximum atomic E-state index is 12.4. The molecule has 106 valence electrons. The van der Waals surface area contributed by atoms with Gasteiger partial charge in [-0.05, 0) is 39.7 Å². The van der Waals surface area contributed by atoms with Gasteiger partial charge in [-0.3, -0.25) is 0 Å². The smallest absolute Gasteiger partial charge is 0.416 e. The molecule has 3 nitrogen and oxygen atoms in total. The molecule has 1 aromatic heterocycles. The minimum Gasteiger partial charge on any atom is -0.477 e. The molecular weight excluding hydrogens is 339 g/mol. The third kappa shape index (κ3) is 3.22. The predicted octanol–water partition coefficient (Wildman–Crippen LogP) is 4.02. The van der Waals surface area contributed by atoms with Crippen molar-refractivity contribution in [3.63, 3.8) is 0 Å². The molecule has 1 N–H and O–H groups in total. The van der Waals surface area contributed by atoms with Gasteiger partial charge in [0.25, 0.3) is 0 Å². The fraction of sp³-hybridized carbons (Fsp3) is 0.154. The summed E-state index contributed by atoms with van der Waals surface area (Å²) in [4.78, 5) is 11.0. The number of nitrogens with zero attached hydrogens (tertiary/aromatic N) is 1. The zero-order valence-electron chi connectivity index (χ0n) is 9.99. The number of aromatic carboxylic acids is 1. The molecular formula is C13H9BrF3NO2. The van der Waals surface area contributed by atoms with E-state index in [2.05, 4.69) is 15.9 Å². The summed E-state index contributed by atoms with van der Waals surface area (Å²) in [5.41, 5.74) is -0.0752. The summed E-state index contributed by atoms with van der Waals surface area (Å²) < 4.78 is 39.3. The third-order valence-corrected chi connectivity index (χ3v) is 3.15. The zero-order chi connectivity index (χ0) is 14.9. The van der Waals surface area contributed by atoms with E-state index in [0.29, 0.717) is 10.0 Å². The summed E-state index contributed by atoms with van der Waals surface area (Å²) in [5.74, 6) is -1.09. The summed E-state index contributed by atoms with van der Waals surface area (Å²) in [6.45, 7) is 0.186. The van der Waals surface area contributed by atoms with Crippen molar-refractivity contribution in [1.82, 2.24) is 4.57 Å². The first kappa shape index (κ1) is 14.6. The lowest BCUT2D eigenvalue weighted by Gasteiger charge is -2.09. The van der Waals surface area contributed by atoms with E-state index in [-0.39, 0.29) is 12.2 Å². The molecule has 0 aliphatic rings. The van der Waals surface area contributed by atoms with Crippen molar-refractivity contribution in [2.75, 3.05) is 0 Å². The van der Waals surface area contributed by atoms with Crippen LogP contribution in [0.15, 0.2) is 41.0 Å². The van der Waals surface area contributed by atoms with Crippen molar-refractivity contribution >= 4 is 21.9 Å². The summed E-state index contributed by atoms with van der Waals surface area (Å²) in [6, 6.07) is 6.07. The van der Waals surface area contributed by atoms with Crippen LogP contribution >= 0.6 is 15.9 Å². The first-order valence-electron chi connectivity index (χ1n) is 5.52. The van der Waals surface area contributed by atoms with Crippen molar-refractivity contribution in [2.45, 2.75) is 12.7 Å². The molecule has 0 unspecified atom stereocenters. The van der Waals surface area contributed by atoms with E-state index in [1.54, 1.807) is 6.20 Å². The standard InChI is InChI=1S/C13H9BrF3NO2/c14-10-5-11(12(19)20)18(7-10)6-8-1-3-9(4-2-8)13(15,16)17/h1-5,7H,6H2,(H,19,20). The molecule has 0 aliphatic heterocycles. The normalized spacial score (nSPS) is 11.6. The largest absolute Gasteiger partial charge is 0.477 e. The van der Waals surface area contributed by atoms with E-state index in [4.69, 9.17) is 5.11 Å². The van der Waals surface area contributed by atoms with Gasteiger partial charge in [0, 0.05) is 17.2 Å². The number of halogens is 4. The minimum atomic E-state index is -4.37. The Morgan fingerprint density at radius 1 is 1.25 bits per heavy atom. The van der Waals surface area contributed by atoms with Gasteiger partial charge in [-0.2, -0.15) is 13.2 Å². The second kappa shape index (κ2) is 5.32. The number of carboxylic acid groups (broad SMARTS) is 1. The van der Waals surface area contributed by atoms with Crippen LogP contribution in [-0.2, 0) is 12.7 Å². The van der Waals surface area contributed by atoms with Gasteiger partial charge in [0.05, 0.1) is 5.56 Å². The number of benzene rings is 1. The van der Waals surface area contributed by atoms with E-state index in [9.17, 15) is 18.0 Å². The monoisotopic (exact) mass is 347 g/mol. The second-order valence-electron chi connectivity index (χ2n) is 4.17. The van der Waals surface area contributed by atoms with Crippen molar-refractivity contribution in [2.24, 2.45) is 0 Å². The molecule has 0 saturated carbocycles. The van der Waals surface area contributed by atoms with Crippen LogP contribution in [0.3, 0.4) is 0 Å². The zero-order valence-corrected chi connectivity index (χ0v) is 11.6. The summed E-state index contributed by atoms with van der Waals surface area (Å²) in [5, 5.41) is 9.02. The highest BCUT2D eigenvalue weighted by molar-refractivity contribution is 9.10. The lowest BCUT2D eigenvalue weighted by molar-refractivity contribution is -0.137. The van der Waals surface area contributed by atoms with Crippen LogP contribution in [0.4, 0.5) is 13.2 Å². The number of carboxylic acids is 1. The van der Waals surface area contributed by atoms with Gasteiger partial charge >= 0.3 is 12.1 Å². The second-order valence-corrected chi connectivity index (χ2v) is 5.09. The fourth-order valence-electron chi connectivity index (χ4n) is 1.78. The number of aromatic nitrogens is 1. The molecule has 2 aromatic rings. The Hall–Kier alpha value is -1.76. The van der Waals surface area contributed by atoms with E-state index < -0.39 is 17.7 Å². The van der Waals surface area contributed by atoms with Gasteiger partial charge in [-0.25, -0.2) is 4.79 Å². The van der Waals surface area contributed by atoms with Gasteiger partial charge in [-0.15, -0.1) is 0 Å². The van der Waals surface area contributed by atoms with Crippen LogP contribution in [0.25, 0.3) is 0 Å². The van der Waals surface area contributed by atoms with E-state index in [1.165, 1.54) is 22.8 Å². The molecule has 2 rings (SSSR count). The Morgan fingerprint density at radius 3 is 2.35 bits per heavy atom. The van der Waals surface area contributed by atoms with Crippen LogP contribution < -0.4 is 0 Å².